The van der Waals surface area contributed by atoms with Crippen LogP contribution >= 0.6 is 0 Å². The van der Waals surface area contributed by atoms with Gasteiger partial charge in [0, 0.05) is 23.9 Å². The van der Waals surface area contributed by atoms with Crippen molar-refractivity contribution in [3.63, 3.8) is 0 Å². The van der Waals surface area contributed by atoms with Crippen LogP contribution in [0.5, 0.6) is 0 Å². The number of aryl methyl sites for hydroxylation is 1. The van der Waals surface area contributed by atoms with E-state index in [1.165, 1.54) is 6.07 Å². The number of carbonyl (C=O) groups is 1. The van der Waals surface area contributed by atoms with Crippen LogP contribution in [0.2, 0.25) is 0 Å². The zero-order chi connectivity index (χ0) is 22.1. The van der Waals surface area contributed by atoms with E-state index in [-0.39, 0.29) is 23.7 Å². The molecule has 0 atom stereocenters. The third-order valence-electron chi connectivity index (χ3n) is 5.63. The first-order valence-corrected chi connectivity index (χ1v) is 10.5. The highest BCUT2D eigenvalue weighted by Crippen LogP contribution is 2.38. The highest BCUT2D eigenvalue weighted by molar-refractivity contribution is 5.92. The second kappa shape index (κ2) is 8.30. The largest absolute Gasteiger partial charge is 0.348 e. The van der Waals surface area contributed by atoms with Gasteiger partial charge in [-0.05, 0) is 56.2 Å². The van der Waals surface area contributed by atoms with Gasteiger partial charge in [-0.1, -0.05) is 24.3 Å². The van der Waals surface area contributed by atoms with E-state index in [2.05, 4.69) is 25.5 Å². The Balaban J connectivity index is 1.43. The SMILES string of the molecule is Cc1cccc(-c2nnc([C@H]3C[C@H](NC(=O)c4ccccn4)C3)n2-c2ccccc2F)n1. The van der Waals surface area contributed by atoms with Gasteiger partial charge in [-0.15, -0.1) is 10.2 Å². The van der Waals surface area contributed by atoms with Gasteiger partial charge in [0.1, 0.15) is 23.0 Å². The summed E-state index contributed by atoms with van der Waals surface area (Å²) < 4.78 is 16.5. The fourth-order valence-corrected chi connectivity index (χ4v) is 3.97. The molecular weight excluding hydrogens is 407 g/mol. The number of benzene rings is 1. The first-order valence-electron chi connectivity index (χ1n) is 10.5. The van der Waals surface area contributed by atoms with Crippen molar-refractivity contribution in [2.45, 2.75) is 31.7 Å². The Morgan fingerprint density at radius 1 is 1.03 bits per heavy atom. The van der Waals surface area contributed by atoms with E-state index < -0.39 is 0 Å². The average molecular weight is 428 g/mol. The number of nitrogens with one attached hydrogen (secondary N) is 1. The molecule has 0 aliphatic heterocycles. The van der Waals surface area contributed by atoms with Crippen LogP contribution in [-0.2, 0) is 0 Å². The normalized spacial score (nSPS) is 17.6. The molecule has 3 aromatic heterocycles. The number of para-hydroxylation sites is 1. The third kappa shape index (κ3) is 3.75. The Labute approximate surface area is 184 Å². The molecule has 1 aromatic carbocycles. The predicted molar refractivity (Wildman–Crippen MR) is 117 cm³/mol. The molecule has 1 saturated carbocycles. The number of rotatable bonds is 5. The number of aromatic nitrogens is 5. The zero-order valence-electron chi connectivity index (χ0n) is 17.4. The Bertz CT molecular complexity index is 1270. The van der Waals surface area contributed by atoms with E-state index in [1.807, 2.05) is 25.1 Å². The van der Waals surface area contributed by atoms with Gasteiger partial charge in [-0.3, -0.25) is 14.3 Å². The Morgan fingerprint density at radius 2 is 1.84 bits per heavy atom. The van der Waals surface area contributed by atoms with Crippen molar-refractivity contribution < 1.29 is 9.18 Å². The van der Waals surface area contributed by atoms with E-state index in [0.29, 0.717) is 41.6 Å². The summed E-state index contributed by atoms with van der Waals surface area (Å²) in [6.07, 6.45) is 2.97. The molecule has 1 aliphatic rings. The Kier molecular flexibility index (Phi) is 5.18. The van der Waals surface area contributed by atoms with E-state index >= 15 is 0 Å². The summed E-state index contributed by atoms with van der Waals surface area (Å²) in [5.41, 5.74) is 2.24. The average Bonchev–Trinajstić information content (AvgIpc) is 3.21. The molecule has 5 rings (SSSR count). The number of amides is 1. The minimum absolute atomic E-state index is 0.000760. The van der Waals surface area contributed by atoms with Gasteiger partial charge in [-0.25, -0.2) is 9.37 Å². The van der Waals surface area contributed by atoms with Crippen molar-refractivity contribution in [3.8, 4) is 17.2 Å². The fourth-order valence-electron chi connectivity index (χ4n) is 3.97. The van der Waals surface area contributed by atoms with Crippen LogP contribution in [0.3, 0.4) is 0 Å². The van der Waals surface area contributed by atoms with Crippen LogP contribution in [-0.4, -0.2) is 36.7 Å². The molecule has 4 aromatic rings. The maximum absolute atomic E-state index is 14.8. The number of hydrogen-bond donors (Lipinski definition) is 1. The van der Waals surface area contributed by atoms with Gasteiger partial charge in [0.2, 0.25) is 0 Å². The Morgan fingerprint density at radius 3 is 2.59 bits per heavy atom. The van der Waals surface area contributed by atoms with Gasteiger partial charge < -0.3 is 5.32 Å². The monoisotopic (exact) mass is 428 g/mol. The minimum atomic E-state index is -0.359. The maximum atomic E-state index is 14.8. The number of carbonyl (C=O) groups excluding carboxylic acids is 1. The first-order chi connectivity index (χ1) is 15.6. The van der Waals surface area contributed by atoms with E-state index in [4.69, 9.17) is 0 Å². The van der Waals surface area contributed by atoms with Crippen molar-refractivity contribution >= 4 is 5.91 Å². The van der Waals surface area contributed by atoms with Crippen molar-refractivity contribution in [1.82, 2.24) is 30.0 Å². The van der Waals surface area contributed by atoms with Gasteiger partial charge in [-0.2, -0.15) is 0 Å². The van der Waals surface area contributed by atoms with Gasteiger partial charge >= 0.3 is 0 Å². The second-order valence-corrected chi connectivity index (χ2v) is 7.89. The topological polar surface area (TPSA) is 85.6 Å². The molecule has 0 unspecified atom stereocenters. The summed E-state index contributed by atoms with van der Waals surface area (Å²) in [6.45, 7) is 1.90. The molecule has 1 fully saturated rings. The van der Waals surface area contributed by atoms with Crippen molar-refractivity contribution in [3.05, 3.63) is 89.9 Å². The maximum Gasteiger partial charge on any atom is 0.270 e. The summed E-state index contributed by atoms with van der Waals surface area (Å²) in [5.74, 6) is 0.636. The van der Waals surface area contributed by atoms with Crippen LogP contribution in [0.15, 0.2) is 66.9 Å². The zero-order valence-corrected chi connectivity index (χ0v) is 17.4. The quantitative estimate of drug-likeness (QED) is 0.522. The number of hydrogen-bond acceptors (Lipinski definition) is 5. The standard InChI is InChI=1S/C24H21FN6O/c1-15-7-6-10-19(27-15)23-30-29-22(31(23)21-11-3-2-8-18(21)25)16-13-17(14-16)28-24(32)20-9-4-5-12-26-20/h2-12,16-17H,13-14H2,1H3,(H,28,32)/t16-,17-. The minimum Gasteiger partial charge on any atom is -0.348 e. The molecular formula is C24H21FN6O. The van der Waals surface area contributed by atoms with Crippen molar-refractivity contribution in [2.24, 2.45) is 0 Å². The van der Waals surface area contributed by atoms with Crippen LogP contribution in [0.1, 0.15) is 40.8 Å². The number of pyridine rings is 2. The van der Waals surface area contributed by atoms with Gasteiger partial charge in [0.15, 0.2) is 5.82 Å². The molecule has 3 heterocycles. The lowest BCUT2D eigenvalue weighted by Gasteiger charge is -2.35. The van der Waals surface area contributed by atoms with E-state index in [9.17, 15) is 9.18 Å². The fraction of sp³-hybridized carbons (Fsp3) is 0.208. The molecule has 1 amide bonds. The van der Waals surface area contributed by atoms with Crippen LogP contribution in [0.25, 0.3) is 17.2 Å². The molecule has 0 bridgehead atoms. The Hall–Kier alpha value is -3.94. The molecule has 32 heavy (non-hydrogen) atoms. The lowest BCUT2D eigenvalue weighted by Crippen LogP contribution is -2.44. The summed E-state index contributed by atoms with van der Waals surface area (Å²) in [7, 11) is 0. The lowest BCUT2D eigenvalue weighted by molar-refractivity contribution is 0.0902. The van der Waals surface area contributed by atoms with E-state index in [1.54, 1.807) is 47.2 Å². The summed E-state index contributed by atoms with van der Waals surface area (Å²) >= 11 is 0. The molecule has 0 spiro atoms. The molecule has 1 aliphatic carbocycles. The third-order valence-corrected chi connectivity index (χ3v) is 5.63. The van der Waals surface area contributed by atoms with Crippen molar-refractivity contribution in [2.75, 3.05) is 0 Å². The van der Waals surface area contributed by atoms with Crippen LogP contribution in [0.4, 0.5) is 4.39 Å². The molecule has 160 valence electrons. The second-order valence-electron chi connectivity index (χ2n) is 7.89. The van der Waals surface area contributed by atoms with Crippen LogP contribution < -0.4 is 5.32 Å². The summed E-state index contributed by atoms with van der Waals surface area (Å²) in [6, 6.07) is 17.4. The summed E-state index contributed by atoms with van der Waals surface area (Å²) in [5, 5.41) is 11.8. The molecule has 7 nitrogen and oxygen atoms in total. The predicted octanol–water partition coefficient (Wildman–Crippen LogP) is 3.85. The van der Waals surface area contributed by atoms with Gasteiger partial charge in [0.25, 0.3) is 5.91 Å². The number of halogens is 1. The van der Waals surface area contributed by atoms with Crippen molar-refractivity contribution in [1.29, 1.82) is 0 Å². The number of nitrogens with zero attached hydrogens (tertiary/aromatic N) is 5. The molecule has 0 saturated heterocycles. The molecule has 1 N–H and O–H groups in total. The lowest BCUT2D eigenvalue weighted by atomic mass is 9.79. The van der Waals surface area contributed by atoms with Crippen LogP contribution in [0, 0.1) is 12.7 Å². The smallest absolute Gasteiger partial charge is 0.270 e. The highest BCUT2D eigenvalue weighted by Gasteiger charge is 2.36. The molecule has 8 heteroatoms. The van der Waals surface area contributed by atoms with E-state index in [0.717, 1.165) is 5.69 Å². The first kappa shape index (κ1) is 20.0. The highest BCUT2D eigenvalue weighted by atomic mass is 19.1. The molecule has 0 radical (unpaired) electrons. The summed E-state index contributed by atoms with van der Waals surface area (Å²) in [4.78, 5) is 21.0. The van der Waals surface area contributed by atoms with Gasteiger partial charge in [0.05, 0.1) is 5.69 Å².